The minimum atomic E-state index is -4.50. The highest BCUT2D eigenvalue weighted by Crippen LogP contribution is 2.33. The number of halogens is 3. The Morgan fingerprint density at radius 2 is 1.66 bits per heavy atom. The fourth-order valence-corrected chi connectivity index (χ4v) is 4.42. The minimum Gasteiger partial charge on any atom is -0.368 e. The summed E-state index contributed by atoms with van der Waals surface area (Å²) in [6, 6.07) is 13.9. The van der Waals surface area contributed by atoms with Gasteiger partial charge in [-0.05, 0) is 43.3 Å². The molecule has 0 aliphatic heterocycles. The Morgan fingerprint density at radius 1 is 0.938 bits per heavy atom. The van der Waals surface area contributed by atoms with Crippen molar-refractivity contribution < 1.29 is 21.6 Å². The third-order valence-electron chi connectivity index (χ3n) is 4.49. The number of benzene rings is 1. The van der Waals surface area contributed by atoms with Gasteiger partial charge in [0.25, 0.3) is 10.0 Å². The van der Waals surface area contributed by atoms with Gasteiger partial charge in [-0.25, -0.2) is 18.4 Å². The molecule has 0 spiro atoms. The second-order valence-electron chi connectivity index (χ2n) is 6.64. The van der Waals surface area contributed by atoms with E-state index in [1.54, 1.807) is 37.3 Å². The molecule has 0 aliphatic carbocycles. The maximum atomic E-state index is 13.0. The van der Waals surface area contributed by atoms with Gasteiger partial charge in [0.15, 0.2) is 0 Å². The maximum absolute atomic E-state index is 13.0. The van der Waals surface area contributed by atoms with Crippen molar-refractivity contribution in [1.82, 2.24) is 9.97 Å². The molecule has 3 rings (SSSR count). The summed E-state index contributed by atoms with van der Waals surface area (Å²) in [7, 11) is -3.78. The first-order chi connectivity index (χ1) is 15.2. The highest BCUT2D eigenvalue weighted by atomic mass is 32.2. The van der Waals surface area contributed by atoms with Gasteiger partial charge in [0, 0.05) is 32.0 Å². The molecular weight excluding hydrogens is 443 g/mol. The summed E-state index contributed by atoms with van der Waals surface area (Å²) < 4.78 is 66.2. The number of alkyl halides is 3. The summed E-state index contributed by atoms with van der Waals surface area (Å²) in [5, 5.41) is 5.58. The molecule has 0 radical (unpaired) electrons. The summed E-state index contributed by atoms with van der Waals surface area (Å²) >= 11 is 0. The van der Waals surface area contributed by atoms with E-state index in [2.05, 4.69) is 20.6 Å². The van der Waals surface area contributed by atoms with Crippen molar-refractivity contribution in [2.24, 2.45) is 0 Å². The third-order valence-corrected chi connectivity index (χ3v) is 6.38. The molecule has 11 heteroatoms. The smallest absolute Gasteiger partial charge is 0.368 e. The Morgan fingerprint density at radius 3 is 2.28 bits per heavy atom. The largest absolute Gasteiger partial charge is 0.419 e. The Hall–Kier alpha value is -3.34. The molecule has 0 saturated carbocycles. The van der Waals surface area contributed by atoms with Crippen molar-refractivity contribution in [2.75, 3.05) is 34.6 Å². The molecule has 2 heterocycles. The Balaban J connectivity index is 1.61. The lowest BCUT2D eigenvalue weighted by Crippen LogP contribution is -2.30. The van der Waals surface area contributed by atoms with Gasteiger partial charge in [-0.3, -0.25) is 4.31 Å². The van der Waals surface area contributed by atoms with E-state index in [1.807, 2.05) is 0 Å². The van der Waals surface area contributed by atoms with Crippen LogP contribution in [0.5, 0.6) is 0 Å². The van der Waals surface area contributed by atoms with Crippen LogP contribution in [0.25, 0.3) is 0 Å². The SMILES string of the molecule is CCN(c1ccccc1)S(=O)(=O)c1ccc(NCCNc2ncccc2C(F)(F)F)nc1. The molecule has 0 unspecified atom stereocenters. The van der Waals surface area contributed by atoms with Crippen molar-refractivity contribution in [1.29, 1.82) is 0 Å². The van der Waals surface area contributed by atoms with E-state index in [4.69, 9.17) is 0 Å². The maximum Gasteiger partial charge on any atom is 0.419 e. The van der Waals surface area contributed by atoms with Crippen LogP contribution in [0.1, 0.15) is 12.5 Å². The van der Waals surface area contributed by atoms with Crippen LogP contribution in [0.4, 0.5) is 30.5 Å². The lowest BCUT2D eigenvalue weighted by atomic mass is 10.2. The van der Waals surface area contributed by atoms with Crippen LogP contribution in [-0.4, -0.2) is 38.0 Å². The number of nitrogens with zero attached hydrogens (tertiary/aromatic N) is 3. The van der Waals surface area contributed by atoms with Crippen LogP contribution in [0.15, 0.2) is 71.9 Å². The number of hydrogen-bond donors (Lipinski definition) is 2. The Kier molecular flexibility index (Phi) is 7.18. The molecule has 0 amide bonds. The van der Waals surface area contributed by atoms with Crippen molar-refractivity contribution >= 4 is 27.3 Å². The van der Waals surface area contributed by atoms with Gasteiger partial charge in [0.1, 0.15) is 16.5 Å². The number of hydrogen-bond acceptors (Lipinski definition) is 6. The molecule has 3 aromatic rings. The van der Waals surface area contributed by atoms with Gasteiger partial charge in [0.2, 0.25) is 0 Å². The van der Waals surface area contributed by atoms with Gasteiger partial charge in [-0.1, -0.05) is 18.2 Å². The number of aromatic nitrogens is 2. The van der Waals surface area contributed by atoms with Crippen LogP contribution in [0.3, 0.4) is 0 Å². The fraction of sp³-hybridized carbons (Fsp3) is 0.238. The van der Waals surface area contributed by atoms with Crippen molar-refractivity contribution in [3.63, 3.8) is 0 Å². The molecule has 0 saturated heterocycles. The third kappa shape index (κ3) is 5.47. The summed E-state index contributed by atoms with van der Waals surface area (Å²) in [5.74, 6) is 0.141. The molecule has 0 bridgehead atoms. The molecule has 0 aliphatic rings. The number of sulfonamides is 1. The first kappa shape index (κ1) is 23.3. The molecule has 2 aromatic heterocycles. The summed E-state index contributed by atoms with van der Waals surface area (Å²) in [5.41, 5.74) is -0.289. The predicted octanol–water partition coefficient (Wildman–Crippen LogP) is 4.23. The van der Waals surface area contributed by atoms with E-state index in [1.165, 1.54) is 34.9 Å². The first-order valence-electron chi connectivity index (χ1n) is 9.77. The zero-order chi connectivity index (χ0) is 23.2. The molecule has 7 nitrogen and oxygen atoms in total. The quantitative estimate of drug-likeness (QED) is 0.460. The molecule has 1 aromatic carbocycles. The lowest BCUT2D eigenvalue weighted by molar-refractivity contribution is -0.137. The minimum absolute atomic E-state index is 0.0372. The molecule has 2 N–H and O–H groups in total. The number of anilines is 3. The average molecular weight is 466 g/mol. The van der Waals surface area contributed by atoms with E-state index in [0.717, 1.165) is 6.07 Å². The van der Waals surface area contributed by atoms with E-state index in [0.29, 0.717) is 11.5 Å². The summed E-state index contributed by atoms with van der Waals surface area (Å²) in [6.45, 7) is 2.40. The Bertz CT molecular complexity index is 1120. The molecular formula is C21H22F3N5O2S. The topological polar surface area (TPSA) is 87.2 Å². The zero-order valence-corrected chi connectivity index (χ0v) is 18.0. The van der Waals surface area contributed by atoms with E-state index in [9.17, 15) is 21.6 Å². The second kappa shape index (κ2) is 9.86. The molecule has 0 atom stereocenters. The van der Waals surface area contributed by atoms with E-state index in [-0.39, 0.29) is 30.3 Å². The second-order valence-corrected chi connectivity index (χ2v) is 8.50. The van der Waals surface area contributed by atoms with Crippen molar-refractivity contribution in [2.45, 2.75) is 18.0 Å². The number of pyridine rings is 2. The standard InChI is InChI=1S/C21H22F3N5O2S/c1-2-29(16-7-4-3-5-8-16)32(30,31)17-10-11-19(28-15-17)25-13-14-27-20-18(21(22,23)24)9-6-12-26-20/h3-12,15H,2,13-14H2,1H3,(H,25,28)(H,26,27). The highest BCUT2D eigenvalue weighted by molar-refractivity contribution is 7.92. The van der Waals surface area contributed by atoms with Gasteiger partial charge < -0.3 is 10.6 Å². The van der Waals surface area contributed by atoms with Crippen LogP contribution in [0, 0.1) is 0 Å². The lowest BCUT2D eigenvalue weighted by Gasteiger charge is -2.22. The summed E-state index contributed by atoms with van der Waals surface area (Å²) in [4.78, 5) is 7.89. The normalized spacial score (nSPS) is 11.8. The predicted molar refractivity (Wildman–Crippen MR) is 117 cm³/mol. The fourth-order valence-electron chi connectivity index (χ4n) is 3.00. The van der Waals surface area contributed by atoms with Crippen LogP contribution in [-0.2, 0) is 16.2 Å². The average Bonchev–Trinajstić information content (AvgIpc) is 2.78. The van der Waals surface area contributed by atoms with Gasteiger partial charge in [-0.15, -0.1) is 0 Å². The number of nitrogens with one attached hydrogen (secondary N) is 2. The first-order valence-corrected chi connectivity index (χ1v) is 11.2. The van der Waals surface area contributed by atoms with Crippen LogP contribution < -0.4 is 14.9 Å². The van der Waals surface area contributed by atoms with Crippen LogP contribution >= 0.6 is 0 Å². The summed E-state index contributed by atoms with van der Waals surface area (Å²) in [6.07, 6.45) is -1.98. The molecule has 0 fully saturated rings. The highest BCUT2D eigenvalue weighted by Gasteiger charge is 2.33. The number of para-hydroxylation sites is 1. The molecule has 32 heavy (non-hydrogen) atoms. The Labute approximate surface area is 184 Å². The van der Waals surface area contributed by atoms with Gasteiger partial charge >= 0.3 is 6.18 Å². The van der Waals surface area contributed by atoms with E-state index < -0.39 is 21.8 Å². The van der Waals surface area contributed by atoms with Crippen molar-refractivity contribution in [3.8, 4) is 0 Å². The van der Waals surface area contributed by atoms with Gasteiger partial charge in [-0.2, -0.15) is 13.2 Å². The van der Waals surface area contributed by atoms with Crippen molar-refractivity contribution in [3.05, 3.63) is 72.6 Å². The monoisotopic (exact) mass is 465 g/mol. The van der Waals surface area contributed by atoms with Gasteiger partial charge in [0.05, 0.1) is 11.3 Å². The van der Waals surface area contributed by atoms with E-state index >= 15 is 0 Å². The zero-order valence-electron chi connectivity index (χ0n) is 17.2. The van der Waals surface area contributed by atoms with Crippen LogP contribution in [0.2, 0.25) is 0 Å². The molecule has 170 valence electrons. The number of rotatable bonds is 9.